The first-order valence-electron chi connectivity index (χ1n) is 12.2. The van der Waals surface area contributed by atoms with Crippen LogP contribution in [0.5, 0.6) is 5.75 Å². The number of ether oxygens (including phenoxy) is 1. The van der Waals surface area contributed by atoms with Gasteiger partial charge in [0.25, 0.3) is 12.3 Å². The Balaban J connectivity index is 1.50. The van der Waals surface area contributed by atoms with Gasteiger partial charge in [-0.25, -0.2) is 18.7 Å². The lowest BCUT2D eigenvalue weighted by Gasteiger charge is -2.18. The van der Waals surface area contributed by atoms with Crippen molar-refractivity contribution in [3.05, 3.63) is 41.3 Å². The zero-order valence-corrected chi connectivity index (χ0v) is 20.5. The van der Waals surface area contributed by atoms with Crippen LogP contribution in [0.1, 0.15) is 61.2 Å². The van der Waals surface area contributed by atoms with Crippen molar-refractivity contribution in [1.82, 2.24) is 25.2 Å². The number of H-pyrrole nitrogens is 1. The molecule has 3 aromatic rings. The Hall–Kier alpha value is -3.56. The third-order valence-corrected chi connectivity index (χ3v) is 7.00. The Bertz CT molecular complexity index is 1320. The predicted octanol–water partition coefficient (Wildman–Crippen LogP) is 4.40. The van der Waals surface area contributed by atoms with Crippen LogP contribution in [-0.2, 0) is 4.79 Å². The number of aromatic nitrogens is 3. The minimum absolute atomic E-state index is 0.0226. The van der Waals surface area contributed by atoms with E-state index in [4.69, 9.17) is 4.74 Å². The molecule has 190 valence electrons. The smallest absolute Gasteiger partial charge is 0.263 e. The molecule has 0 radical (unpaired) electrons. The first kappa shape index (κ1) is 24.1. The zero-order valence-electron chi connectivity index (χ0n) is 20.5. The van der Waals surface area contributed by atoms with E-state index >= 15 is 0 Å². The molecule has 8 nitrogen and oxygen atoms in total. The molecule has 2 fully saturated rings. The van der Waals surface area contributed by atoms with E-state index in [1.165, 1.54) is 25.4 Å². The molecule has 0 spiro atoms. The number of nitrogens with one attached hydrogen (secondary N) is 2. The van der Waals surface area contributed by atoms with Crippen molar-refractivity contribution < 1.29 is 23.1 Å². The van der Waals surface area contributed by atoms with Crippen LogP contribution in [0.2, 0.25) is 0 Å². The van der Waals surface area contributed by atoms with Crippen molar-refractivity contribution in [2.45, 2.75) is 58.5 Å². The lowest BCUT2D eigenvalue weighted by atomic mass is 10.0. The SMILES string of the molecule is CC(=O)N1C[C@H](NC(=O)c2c(C)[nH]c3c(-c4cc(C(F)F)ccc4OCC4CC4)ncnc23)C[C@@H]1C. The van der Waals surface area contributed by atoms with E-state index in [0.29, 0.717) is 64.8 Å². The summed E-state index contributed by atoms with van der Waals surface area (Å²) in [6.45, 7) is 6.21. The fraction of sp³-hybridized carbons (Fsp3) is 0.462. The molecule has 2 aromatic heterocycles. The molecule has 1 aliphatic carbocycles. The maximum absolute atomic E-state index is 13.5. The molecule has 2 N–H and O–H groups in total. The molecule has 2 amide bonds. The summed E-state index contributed by atoms with van der Waals surface area (Å²) >= 11 is 0. The van der Waals surface area contributed by atoms with Gasteiger partial charge in [0.1, 0.15) is 23.3 Å². The second-order valence-corrected chi connectivity index (χ2v) is 9.81. The number of amides is 2. The van der Waals surface area contributed by atoms with Gasteiger partial charge in [-0.3, -0.25) is 9.59 Å². The van der Waals surface area contributed by atoms with Gasteiger partial charge in [-0.2, -0.15) is 0 Å². The van der Waals surface area contributed by atoms with Crippen molar-refractivity contribution in [2.75, 3.05) is 13.2 Å². The van der Waals surface area contributed by atoms with Gasteiger partial charge < -0.3 is 19.9 Å². The van der Waals surface area contributed by atoms with Crippen molar-refractivity contribution >= 4 is 22.8 Å². The highest BCUT2D eigenvalue weighted by atomic mass is 19.3. The van der Waals surface area contributed by atoms with Gasteiger partial charge >= 0.3 is 0 Å². The molecule has 1 saturated carbocycles. The first-order chi connectivity index (χ1) is 17.2. The maximum Gasteiger partial charge on any atom is 0.263 e. The van der Waals surface area contributed by atoms with Crippen LogP contribution in [0.15, 0.2) is 24.5 Å². The molecule has 2 atom stereocenters. The topological polar surface area (TPSA) is 100 Å². The molecule has 0 unspecified atom stereocenters. The van der Waals surface area contributed by atoms with Gasteiger partial charge in [0.15, 0.2) is 0 Å². The number of hydrogen-bond donors (Lipinski definition) is 2. The van der Waals surface area contributed by atoms with Crippen LogP contribution >= 0.6 is 0 Å². The molecule has 10 heteroatoms. The lowest BCUT2D eigenvalue weighted by molar-refractivity contribution is -0.129. The Kier molecular flexibility index (Phi) is 6.36. The van der Waals surface area contributed by atoms with Crippen LogP contribution in [0.4, 0.5) is 8.78 Å². The van der Waals surface area contributed by atoms with E-state index in [9.17, 15) is 18.4 Å². The summed E-state index contributed by atoms with van der Waals surface area (Å²) in [4.78, 5) is 38.8. The second-order valence-electron chi connectivity index (χ2n) is 9.81. The summed E-state index contributed by atoms with van der Waals surface area (Å²) in [7, 11) is 0. The minimum Gasteiger partial charge on any atom is -0.493 e. The summed E-state index contributed by atoms with van der Waals surface area (Å²) in [5, 5.41) is 3.03. The summed E-state index contributed by atoms with van der Waals surface area (Å²) in [6, 6.07) is 4.18. The molecule has 5 rings (SSSR count). The highest BCUT2D eigenvalue weighted by molar-refractivity contribution is 6.09. The van der Waals surface area contributed by atoms with Crippen molar-refractivity contribution in [3.8, 4) is 17.0 Å². The number of fused-ring (bicyclic) bond motifs is 1. The van der Waals surface area contributed by atoms with Crippen LogP contribution in [-0.4, -0.2) is 56.9 Å². The third kappa shape index (κ3) is 4.64. The number of rotatable bonds is 7. The van der Waals surface area contributed by atoms with Crippen LogP contribution < -0.4 is 10.1 Å². The molecule has 0 bridgehead atoms. The van der Waals surface area contributed by atoms with Crippen LogP contribution in [0, 0.1) is 12.8 Å². The van der Waals surface area contributed by atoms with E-state index in [0.717, 1.165) is 12.8 Å². The van der Waals surface area contributed by atoms with E-state index < -0.39 is 6.43 Å². The second kappa shape index (κ2) is 9.48. The van der Waals surface area contributed by atoms with Crippen molar-refractivity contribution in [2.24, 2.45) is 5.92 Å². The molecule has 3 heterocycles. The van der Waals surface area contributed by atoms with E-state index in [-0.39, 0.29) is 29.5 Å². The number of nitrogens with zero attached hydrogens (tertiary/aromatic N) is 3. The fourth-order valence-corrected chi connectivity index (χ4v) is 4.92. The van der Waals surface area contributed by atoms with E-state index in [1.807, 2.05) is 6.92 Å². The molecular weight excluding hydrogens is 468 g/mol. The monoisotopic (exact) mass is 497 g/mol. The number of likely N-dealkylation sites (tertiary alicyclic amines) is 1. The molecular formula is C26H29F2N5O3. The van der Waals surface area contributed by atoms with Gasteiger partial charge in [-0.05, 0) is 57.2 Å². The number of aromatic amines is 1. The minimum atomic E-state index is -2.64. The molecule has 1 aliphatic heterocycles. The molecule has 36 heavy (non-hydrogen) atoms. The average molecular weight is 498 g/mol. The highest BCUT2D eigenvalue weighted by Crippen LogP contribution is 2.38. The summed E-state index contributed by atoms with van der Waals surface area (Å²) < 4.78 is 33.1. The number of hydrogen-bond acceptors (Lipinski definition) is 5. The van der Waals surface area contributed by atoms with Gasteiger partial charge in [0, 0.05) is 42.4 Å². The average Bonchev–Trinajstić information content (AvgIpc) is 3.49. The Morgan fingerprint density at radius 3 is 2.72 bits per heavy atom. The van der Waals surface area contributed by atoms with Gasteiger partial charge in [0.2, 0.25) is 5.91 Å². The van der Waals surface area contributed by atoms with E-state index in [1.54, 1.807) is 17.9 Å². The Morgan fingerprint density at radius 2 is 2.06 bits per heavy atom. The Labute approximate surface area is 207 Å². The van der Waals surface area contributed by atoms with E-state index in [2.05, 4.69) is 20.3 Å². The van der Waals surface area contributed by atoms with Gasteiger partial charge in [-0.15, -0.1) is 0 Å². The number of alkyl halides is 2. The normalized spacial score (nSPS) is 19.8. The number of carbonyl (C=O) groups excluding carboxylic acids is 2. The number of benzene rings is 1. The quantitative estimate of drug-likeness (QED) is 0.504. The summed E-state index contributed by atoms with van der Waals surface area (Å²) in [5.74, 6) is 0.621. The predicted molar refractivity (Wildman–Crippen MR) is 130 cm³/mol. The van der Waals surface area contributed by atoms with Crippen molar-refractivity contribution in [1.29, 1.82) is 0 Å². The fourth-order valence-electron chi connectivity index (χ4n) is 4.92. The van der Waals surface area contributed by atoms with Gasteiger partial charge in [-0.1, -0.05) is 0 Å². The zero-order chi connectivity index (χ0) is 25.6. The first-order valence-corrected chi connectivity index (χ1v) is 12.2. The largest absolute Gasteiger partial charge is 0.493 e. The standard InChI is InChI=1S/C26H29F2N5O3/c1-13-8-18(10-33(13)15(3)34)32-26(35)21-14(2)31-24-22(29-12-30-23(21)24)19-9-17(25(27)28)6-7-20(19)36-11-16-4-5-16/h6-7,9,12-13,16,18,25,31H,4-5,8,10-11H2,1-3H3,(H,32,35)/t13-,18+/m0/s1. The number of aryl methyl sites for hydroxylation is 1. The van der Waals surface area contributed by atoms with Crippen molar-refractivity contribution in [3.63, 3.8) is 0 Å². The molecule has 2 aliphatic rings. The lowest BCUT2D eigenvalue weighted by Crippen LogP contribution is -2.38. The summed E-state index contributed by atoms with van der Waals surface area (Å²) in [6.07, 6.45) is 1.54. The molecule has 1 aromatic carbocycles. The van der Waals surface area contributed by atoms with Gasteiger partial charge in [0.05, 0.1) is 17.7 Å². The third-order valence-electron chi connectivity index (χ3n) is 7.00. The highest BCUT2D eigenvalue weighted by Gasteiger charge is 2.33. The number of halogens is 2. The van der Waals surface area contributed by atoms with Crippen LogP contribution in [0.3, 0.4) is 0 Å². The number of carbonyl (C=O) groups is 2. The maximum atomic E-state index is 13.5. The molecule has 1 saturated heterocycles. The Morgan fingerprint density at radius 1 is 1.28 bits per heavy atom. The van der Waals surface area contributed by atoms with Crippen LogP contribution in [0.25, 0.3) is 22.3 Å². The summed E-state index contributed by atoms with van der Waals surface area (Å²) in [5.41, 5.74) is 2.52.